The van der Waals surface area contributed by atoms with E-state index in [0.717, 1.165) is 36.8 Å². The van der Waals surface area contributed by atoms with Gasteiger partial charge in [0.1, 0.15) is 11.6 Å². The number of amides is 1. The number of carbonyl (C=O) groups excluding carboxylic acids is 2. The largest absolute Gasteiger partial charge is 0.507 e. The van der Waals surface area contributed by atoms with Gasteiger partial charge in [-0.3, -0.25) is 9.59 Å². The fourth-order valence-corrected chi connectivity index (χ4v) is 4.87. The molecule has 1 heterocycles. The zero-order valence-electron chi connectivity index (χ0n) is 19.1. The Morgan fingerprint density at radius 1 is 1.03 bits per heavy atom. The maximum atomic E-state index is 13.6. The third-order valence-electron chi connectivity index (χ3n) is 6.74. The summed E-state index contributed by atoms with van der Waals surface area (Å²) in [5, 5.41) is 11.4. The molecule has 1 N–H and O–H groups in total. The van der Waals surface area contributed by atoms with Gasteiger partial charge in [-0.25, -0.2) is 4.39 Å². The Bertz CT molecular complexity index is 1090. The van der Waals surface area contributed by atoms with Gasteiger partial charge in [-0.2, -0.15) is 0 Å². The van der Waals surface area contributed by atoms with Crippen LogP contribution in [0.2, 0.25) is 0 Å². The Kier molecular flexibility index (Phi) is 5.70. The van der Waals surface area contributed by atoms with Crippen LogP contribution >= 0.6 is 0 Å². The maximum Gasteiger partial charge on any atom is 0.295 e. The number of carbonyl (C=O) groups is 2. The molecule has 5 heteroatoms. The van der Waals surface area contributed by atoms with E-state index >= 15 is 0 Å². The summed E-state index contributed by atoms with van der Waals surface area (Å²) in [6, 6.07) is 10.9. The quantitative estimate of drug-likeness (QED) is 0.377. The van der Waals surface area contributed by atoms with Crippen molar-refractivity contribution in [1.29, 1.82) is 0 Å². The molecule has 1 unspecified atom stereocenters. The van der Waals surface area contributed by atoms with Crippen LogP contribution in [0.3, 0.4) is 0 Å². The summed E-state index contributed by atoms with van der Waals surface area (Å²) in [5.74, 6) is -1.82. The van der Waals surface area contributed by atoms with Crippen molar-refractivity contribution in [3.63, 3.8) is 0 Å². The first-order valence-corrected chi connectivity index (χ1v) is 11.3. The van der Waals surface area contributed by atoms with Crippen LogP contribution in [-0.4, -0.2) is 27.7 Å². The predicted octanol–water partition coefficient (Wildman–Crippen LogP) is 5.80. The first-order valence-electron chi connectivity index (χ1n) is 11.3. The van der Waals surface area contributed by atoms with Crippen LogP contribution in [0.4, 0.5) is 4.39 Å². The van der Waals surface area contributed by atoms with E-state index in [2.05, 4.69) is 20.8 Å². The number of nitrogens with zero attached hydrogens (tertiary/aromatic N) is 1. The minimum Gasteiger partial charge on any atom is -0.507 e. The molecule has 4 rings (SSSR count). The van der Waals surface area contributed by atoms with Gasteiger partial charge in [0, 0.05) is 11.6 Å². The summed E-state index contributed by atoms with van der Waals surface area (Å²) in [7, 11) is 0. The van der Waals surface area contributed by atoms with Gasteiger partial charge in [-0.1, -0.05) is 57.9 Å². The van der Waals surface area contributed by atoms with Gasteiger partial charge in [-0.05, 0) is 60.1 Å². The van der Waals surface area contributed by atoms with Crippen molar-refractivity contribution in [2.45, 2.75) is 70.9 Å². The standard InChI is InChI=1S/C27H30FNO3/c1-16-9-12-18(27(2,3)4)15-21(16)24(30)22-23(17-10-13-19(28)14-11-17)29(26(32)25(22)31)20-7-5-6-8-20/h9-15,20,23,30H,5-8H2,1-4H3/b24-22+. The summed E-state index contributed by atoms with van der Waals surface area (Å²) in [6.45, 7) is 8.12. The van der Waals surface area contributed by atoms with Crippen molar-refractivity contribution in [1.82, 2.24) is 4.90 Å². The van der Waals surface area contributed by atoms with E-state index in [0.29, 0.717) is 11.1 Å². The molecule has 1 aliphatic carbocycles. The van der Waals surface area contributed by atoms with E-state index in [1.54, 1.807) is 17.0 Å². The minimum atomic E-state index is -0.726. The second kappa shape index (κ2) is 8.19. The molecule has 2 fully saturated rings. The van der Waals surface area contributed by atoms with Crippen molar-refractivity contribution in [3.8, 4) is 0 Å². The lowest BCUT2D eigenvalue weighted by Gasteiger charge is -2.31. The Hall–Kier alpha value is -2.95. The number of ketones is 1. The molecule has 1 saturated carbocycles. The molecule has 1 aliphatic heterocycles. The van der Waals surface area contributed by atoms with Gasteiger partial charge < -0.3 is 10.0 Å². The highest BCUT2D eigenvalue weighted by atomic mass is 19.1. The summed E-state index contributed by atoms with van der Waals surface area (Å²) in [6.07, 6.45) is 3.64. The van der Waals surface area contributed by atoms with E-state index < -0.39 is 17.7 Å². The molecule has 2 aromatic carbocycles. The number of hydrogen-bond donors (Lipinski definition) is 1. The van der Waals surface area contributed by atoms with Crippen LogP contribution in [0.1, 0.15) is 74.8 Å². The normalized spacial score (nSPS) is 21.5. The van der Waals surface area contributed by atoms with Crippen LogP contribution < -0.4 is 0 Å². The second-order valence-corrected chi connectivity index (χ2v) is 9.98. The zero-order valence-corrected chi connectivity index (χ0v) is 19.1. The van der Waals surface area contributed by atoms with Gasteiger partial charge >= 0.3 is 0 Å². The third-order valence-corrected chi connectivity index (χ3v) is 6.74. The molecule has 0 aromatic heterocycles. The van der Waals surface area contributed by atoms with E-state index in [-0.39, 0.29) is 28.6 Å². The number of aliphatic hydroxyl groups is 1. The second-order valence-electron chi connectivity index (χ2n) is 9.98. The first-order chi connectivity index (χ1) is 15.1. The number of likely N-dealkylation sites (tertiary alicyclic amines) is 1. The molecular weight excluding hydrogens is 405 g/mol. The molecule has 2 aromatic rings. The molecule has 32 heavy (non-hydrogen) atoms. The van der Waals surface area contributed by atoms with Gasteiger partial charge in [0.2, 0.25) is 0 Å². The SMILES string of the molecule is Cc1ccc(C(C)(C)C)cc1/C(O)=C1\C(=O)C(=O)N(C2CCCC2)C1c1ccc(F)cc1. The zero-order chi connectivity index (χ0) is 23.2. The monoisotopic (exact) mass is 435 g/mol. The fraction of sp³-hybridized carbons (Fsp3) is 0.407. The van der Waals surface area contributed by atoms with Crippen molar-refractivity contribution >= 4 is 17.4 Å². The molecule has 4 nitrogen and oxygen atoms in total. The average Bonchev–Trinajstić information content (AvgIpc) is 3.35. The Balaban J connectivity index is 1.92. The predicted molar refractivity (Wildman–Crippen MR) is 123 cm³/mol. The summed E-state index contributed by atoms with van der Waals surface area (Å²) < 4.78 is 13.6. The summed E-state index contributed by atoms with van der Waals surface area (Å²) in [4.78, 5) is 28.0. The molecule has 2 aliphatic rings. The first kappa shape index (κ1) is 22.3. The molecule has 168 valence electrons. The molecule has 1 atom stereocenters. The highest BCUT2D eigenvalue weighted by molar-refractivity contribution is 6.46. The third kappa shape index (κ3) is 3.85. The highest BCUT2D eigenvalue weighted by Gasteiger charge is 2.49. The Morgan fingerprint density at radius 3 is 2.25 bits per heavy atom. The number of Topliss-reactive ketones (excluding diaryl/α,β-unsaturated/α-hetero) is 1. The van der Waals surface area contributed by atoms with Crippen LogP contribution in [0.15, 0.2) is 48.0 Å². The molecule has 0 radical (unpaired) electrons. The number of rotatable bonds is 3. The Labute approximate surface area is 188 Å². The lowest BCUT2D eigenvalue weighted by molar-refractivity contribution is -0.141. The maximum absolute atomic E-state index is 13.6. The molecule has 0 spiro atoms. The number of hydrogen-bond acceptors (Lipinski definition) is 3. The Morgan fingerprint density at radius 2 is 1.66 bits per heavy atom. The fourth-order valence-electron chi connectivity index (χ4n) is 4.87. The van der Waals surface area contributed by atoms with Crippen LogP contribution in [0.25, 0.3) is 5.76 Å². The molecule has 1 amide bonds. The van der Waals surface area contributed by atoms with Crippen molar-refractivity contribution in [3.05, 3.63) is 76.1 Å². The molecule has 0 bridgehead atoms. The van der Waals surface area contributed by atoms with Gasteiger partial charge in [0.05, 0.1) is 11.6 Å². The van der Waals surface area contributed by atoms with E-state index in [4.69, 9.17) is 0 Å². The number of halogens is 1. The van der Waals surface area contributed by atoms with Crippen LogP contribution in [-0.2, 0) is 15.0 Å². The minimum absolute atomic E-state index is 0.0613. The molecular formula is C27H30FNO3. The molecule has 1 saturated heterocycles. The van der Waals surface area contributed by atoms with Crippen molar-refractivity contribution in [2.24, 2.45) is 0 Å². The van der Waals surface area contributed by atoms with Crippen LogP contribution in [0.5, 0.6) is 0 Å². The van der Waals surface area contributed by atoms with Crippen molar-refractivity contribution in [2.75, 3.05) is 0 Å². The highest BCUT2D eigenvalue weighted by Crippen LogP contribution is 2.44. The lowest BCUT2D eigenvalue weighted by Crippen LogP contribution is -2.37. The smallest absolute Gasteiger partial charge is 0.295 e. The number of benzene rings is 2. The van der Waals surface area contributed by atoms with E-state index in [1.807, 2.05) is 25.1 Å². The van der Waals surface area contributed by atoms with Crippen LogP contribution in [0, 0.1) is 12.7 Å². The van der Waals surface area contributed by atoms with E-state index in [9.17, 15) is 19.1 Å². The van der Waals surface area contributed by atoms with E-state index in [1.165, 1.54) is 12.1 Å². The lowest BCUT2D eigenvalue weighted by atomic mass is 9.84. The van der Waals surface area contributed by atoms with Gasteiger partial charge in [0.25, 0.3) is 11.7 Å². The van der Waals surface area contributed by atoms with Gasteiger partial charge in [0.15, 0.2) is 0 Å². The summed E-state index contributed by atoms with van der Waals surface area (Å²) >= 11 is 0. The number of aryl methyl sites for hydroxylation is 1. The average molecular weight is 436 g/mol. The topological polar surface area (TPSA) is 57.6 Å². The van der Waals surface area contributed by atoms with Gasteiger partial charge in [-0.15, -0.1) is 0 Å². The number of aliphatic hydroxyl groups excluding tert-OH is 1. The van der Waals surface area contributed by atoms with Crippen molar-refractivity contribution < 1.29 is 19.1 Å². The summed E-state index contributed by atoms with van der Waals surface area (Å²) in [5.41, 5.74) is 2.96.